The van der Waals surface area contributed by atoms with Gasteiger partial charge in [0.1, 0.15) is 6.33 Å². The highest BCUT2D eigenvalue weighted by Gasteiger charge is 2.24. The number of amides is 1. The Labute approximate surface area is 148 Å². The second kappa shape index (κ2) is 5.83. The van der Waals surface area contributed by atoms with Gasteiger partial charge in [0.05, 0.1) is 0 Å². The molecule has 1 amide bonds. The fourth-order valence-corrected chi connectivity index (χ4v) is 3.39. The number of rotatable bonds is 3. The zero-order valence-electron chi connectivity index (χ0n) is 13.9. The molecule has 1 aliphatic rings. The molecule has 0 aliphatic carbocycles. The molecule has 8 nitrogen and oxygen atoms in total. The summed E-state index contributed by atoms with van der Waals surface area (Å²) in [5, 5.41) is 13.1. The number of aromatic nitrogens is 5. The van der Waals surface area contributed by atoms with Crippen molar-refractivity contribution in [1.82, 2.24) is 29.7 Å². The molecule has 4 aromatic rings. The lowest BCUT2D eigenvalue weighted by Gasteiger charge is -2.27. The highest BCUT2D eigenvalue weighted by atomic mass is 16.5. The zero-order valence-corrected chi connectivity index (χ0v) is 13.9. The number of ether oxygens (including phenoxy) is 1. The van der Waals surface area contributed by atoms with E-state index in [-0.39, 0.29) is 12.5 Å². The molecule has 4 heterocycles. The maximum absolute atomic E-state index is 12.6. The van der Waals surface area contributed by atoms with E-state index in [1.165, 1.54) is 27.5 Å². The largest absolute Gasteiger partial charge is 0.467 e. The Bertz CT molecular complexity index is 1120. The Morgan fingerprint density at radius 2 is 2.15 bits per heavy atom. The zero-order chi connectivity index (χ0) is 17.5. The van der Waals surface area contributed by atoms with Crippen molar-refractivity contribution in [1.29, 1.82) is 0 Å². The first-order chi connectivity index (χ1) is 12.8. The van der Waals surface area contributed by atoms with Gasteiger partial charge >= 0.3 is 0 Å². The predicted molar refractivity (Wildman–Crippen MR) is 93.7 cm³/mol. The van der Waals surface area contributed by atoms with Gasteiger partial charge in [-0.05, 0) is 12.1 Å². The number of nitrogens with one attached hydrogen (secondary N) is 1. The van der Waals surface area contributed by atoms with Crippen LogP contribution < -0.4 is 4.74 Å². The first-order valence-electron chi connectivity index (χ1n) is 8.44. The first-order valence-corrected chi connectivity index (χ1v) is 8.44. The monoisotopic (exact) mass is 348 g/mol. The number of benzene rings is 1. The van der Waals surface area contributed by atoms with Gasteiger partial charge in [0, 0.05) is 47.7 Å². The summed E-state index contributed by atoms with van der Waals surface area (Å²) in [6.07, 6.45) is 2.31. The topological polar surface area (TPSA) is 88.4 Å². The molecular weight excluding hydrogens is 332 g/mol. The Hall–Kier alpha value is -3.42. The average molecular weight is 348 g/mol. The highest BCUT2D eigenvalue weighted by molar-refractivity contribution is 5.86. The molecule has 0 saturated carbocycles. The third kappa shape index (κ3) is 2.46. The van der Waals surface area contributed by atoms with Crippen LogP contribution in [-0.2, 0) is 17.8 Å². The molecule has 3 aromatic heterocycles. The van der Waals surface area contributed by atoms with Gasteiger partial charge in [0.15, 0.2) is 12.3 Å². The quantitative estimate of drug-likeness (QED) is 0.607. The molecule has 0 spiro atoms. The van der Waals surface area contributed by atoms with Crippen molar-refractivity contribution in [2.75, 3.05) is 13.2 Å². The van der Waals surface area contributed by atoms with Crippen LogP contribution in [0, 0.1) is 0 Å². The summed E-state index contributed by atoms with van der Waals surface area (Å²) in [4.78, 5) is 17.9. The van der Waals surface area contributed by atoms with Crippen molar-refractivity contribution in [2.24, 2.45) is 0 Å². The second-order valence-corrected chi connectivity index (χ2v) is 6.29. The summed E-state index contributed by atoms with van der Waals surface area (Å²) in [7, 11) is 0. The van der Waals surface area contributed by atoms with Crippen LogP contribution in [0.15, 0.2) is 42.7 Å². The van der Waals surface area contributed by atoms with E-state index in [4.69, 9.17) is 4.74 Å². The van der Waals surface area contributed by atoms with Crippen molar-refractivity contribution in [3.8, 4) is 5.88 Å². The first kappa shape index (κ1) is 14.9. The molecule has 1 aromatic carbocycles. The van der Waals surface area contributed by atoms with Gasteiger partial charge in [0.2, 0.25) is 5.88 Å². The highest BCUT2D eigenvalue weighted by Crippen LogP contribution is 2.27. The maximum atomic E-state index is 12.6. The smallest absolute Gasteiger partial charge is 0.260 e. The Morgan fingerprint density at radius 1 is 1.23 bits per heavy atom. The van der Waals surface area contributed by atoms with Crippen LogP contribution in [0.1, 0.15) is 11.3 Å². The van der Waals surface area contributed by atoms with Crippen molar-refractivity contribution in [2.45, 2.75) is 13.0 Å². The van der Waals surface area contributed by atoms with Gasteiger partial charge in [-0.1, -0.05) is 18.2 Å². The van der Waals surface area contributed by atoms with E-state index in [9.17, 15) is 4.79 Å². The van der Waals surface area contributed by atoms with Crippen molar-refractivity contribution in [3.05, 3.63) is 54.0 Å². The van der Waals surface area contributed by atoms with Crippen molar-refractivity contribution >= 4 is 22.5 Å². The number of carbonyl (C=O) groups is 1. The maximum Gasteiger partial charge on any atom is 0.260 e. The van der Waals surface area contributed by atoms with E-state index < -0.39 is 0 Å². The number of fused-ring (bicyclic) bond motifs is 4. The van der Waals surface area contributed by atoms with Crippen LogP contribution in [0.5, 0.6) is 5.88 Å². The van der Waals surface area contributed by atoms with E-state index in [0.717, 1.165) is 11.9 Å². The van der Waals surface area contributed by atoms with Crippen LogP contribution in [0.3, 0.4) is 0 Å². The van der Waals surface area contributed by atoms with E-state index in [2.05, 4.69) is 32.4 Å². The number of nitrogens with zero attached hydrogens (tertiary/aromatic N) is 5. The number of aromatic amines is 1. The molecule has 0 bridgehead atoms. The molecule has 0 unspecified atom stereocenters. The minimum atomic E-state index is -0.0495. The van der Waals surface area contributed by atoms with Crippen LogP contribution >= 0.6 is 0 Å². The number of carbonyl (C=O) groups excluding carboxylic acids is 1. The summed E-state index contributed by atoms with van der Waals surface area (Å²) in [5.74, 6) is 0.321. The fraction of sp³-hybridized carbons (Fsp3) is 0.222. The average Bonchev–Trinajstić information content (AvgIpc) is 3.29. The minimum absolute atomic E-state index is 0.0433. The fourth-order valence-electron chi connectivity index (χ4n) is 3.39. The molecule has 8 heteroatoms. The lowest BCUT2D eigenvalue weighted by Crippen LogP contribution is -2.38. The second-order valence-electron chi connectivity index (χ2n) is 6.29. The molecule has 0 atom stereocenters. The summed E-state index contributed by atoms with van der Waals surface area (Å²) >= 11 is 0. The van der Waals surface area contributed by atoms with Crippen LogP contribution in [-0.4, -0.2) is 48.8 Å². The summed E-state index contributed by atoms with van der Waals surface area (Å²) in [5.41, 5.74) is 4.17. The van der Waals surface area contributed by atoms with Gasteiger partial charge in [-0.3, -0.25) is 4.79 Å². The molecule has 0 saturated heterocycles. The molecular formula is C18H16N6O2. The molecule has 1 N–H and O–H groups in total. The van der Waals surface area contributed by atoms with E-state index in [0.29, 0.717) is 24.6 Å². The SMILES string of the molecule is O=C(COc1ccc2nncn2n1)N1CCc2[nH]c3ccccc3c2C1. The minimum Gasteiger partial charge on any atom is -0.467 e. The normalized spacial score (nSPS) is 13.9. The van der Waals surface area contributed by atoms with Gasteiger partial charge in [-0.2, -0.15) is 4.52 Å². The summed E-state index contributed by atoms with van der Waals surface area (Å²) in [6.45, 7) is 1.23. The standard InChI is InChI=1S/C18H16N6O2/c25-18(10-26-17-6-5-16-21-19-11-24(16)22-17)23-8-7-15-13(9-23)12-3-1-2-4-14(12)20-15/h1-6,11,20H,7-10H2. The third-order valence-corrected chi connectivity index (χ3v) is 4.72. The number of hydrogen-bond acceptors (Lipinski definition) is 5. The number of H-pyrrole nitrogens is 1. The summed E-state index contributed by atoms with van der Waals surface area (Å²) in [6, 6.07) is 11.6. The van der Waals surface area contributed by atoms with E-state index in [1.54, 1.807) is 12.1 Å². The van der Waals surface area contributed by atoms with Gasteiger partial charge in [-0.25, -0.2) is 0 Å². The van der Waals surface area contributed by atoms with Crippen LogP contribution in [0.4, 0.5) is 0 Å². The molecule has 0 fully saturated rings. The molecule has 26 heavy (non-hydrogen) atoms. The van der Waals surface area contributed by atoms with Crippen molar-refractivity contribution in [3.63, 3.8) is 0 Å². The van der Waals surface area contributed by atoms with Crippen molar-refractivity contribution < 1.29 is 9.53 Å². The molecule has 0 radical (unpaired) electrons. The molecule has 1 aliphatic heterocycles. The molecule has 130 valence electrons. The van der Waals surface area contributed by atoms with Gasteiger partial charge in [0.25, 0.3) is 5.91 Å². The van der Waals surface area contributed by atoms with E-state index >= 15 is 0 Å². The summed E-state index contributed by atoms with van der Waals surface area (Å²) < 4.78 is 7.08. The number of para-hydroxylation sites is 1. The lowest BCUT2D eigenvalue weighted by atomic mass is 10.0. The Kier molecular flexibility index (Phi) is 3.34. The van der Waals surface area contributed by atoms with Gasteiger partial charge < -0.3 is 14.6 Å². The predicted octanol–water partition coefficient (Wildman–Crippen LogP) is 1.57. The van der Waals surface area contributed by atoms with E-state index in [1.807, 2.05) is 17.0 Å². The Morgan fingerprint density at radius 3 is 3.12 bits per heavy atom. The molecule has 5 rings (SSSR count). The lowest BCUT2D eigenvalue weighted by molar-refractivity contribution is -0.134. The van der Waals surface area contributed by atoms with Crippen LogP contribution in [0.25, 0.3) is 16.6 Å². The Balaban J connectivity index is 1.30. The third-order valence-electron chi connectivity index (χ3n) is 4.72. The number of hydrogen-bond donors (Lipinski definition) is 1. The van der Waals surface area contributed by atoms with Gasteiger partial charge in [-0.15, -0.1) is 15.3 Å². The van der Waals surface area contributed by atoms with Crippen LogP contribution in [0.2, 0.25) is 0 Å².